The van der Waals surface area contributed by atoms with E-state index in [0.29, 0.717) is 5.75 Å². The highest BCUT2D eigenvalue weighted by Crippen LogP contribution is 2.43. The quantitative estimate of drug-likeness (QED) is 0.561. The lowest BCUT2D eigenvalue weighted by molar-refractivity contribution is -0.162. The fourth-order valence-electron chi connectivity index (χ4n) is 3.27. The van der Waals surface area contributed by atoms with Crippen LogP contribution in [0, 0.1) is 0 Å². The summed E-state index contributed by atoms with van der Waals surface area (Å²) in [5, 5.41) is 1.81. The van der Waals surface area contributed by atoms with Crippen molar-refractivity contribution in [1.82, 2.24) is 10.2 Å². The molecule has 0 spiro atoms. The number of para-hydroxylation sites is 1. The fourth-order valence-corrected chi connectivity index (χ4v) is 5.18. The van der Waals surface area contributed by atoms with Crippen LogP contribution in [0.5, 0.6) is 5.75 Å². The molecule has 2 unspecified atom stereocenters. The predicted molar refractivity (Wildman–Crippen MR) is 92.5 cm³/mol. The first kappa shape index (κ1) is 18.4. The third-order valence-corrected chi connectivity index (χ3v) is 6.81. The van der Waals surface area contributed by atoms with Crippen molar-refractivity contribution in [3.8, 4) is 5.75 Å². The average molecular weight is 380 g/mol. The molecular formula is C17H20N2O6S. The first-order valence-corrected chi connectivity index (χ1v) is 9.28. The molecule has 1 N–H and O–H groups in total. The lowest BCUT2D eigenvalue weighted by atomic mass is 9.96. The van der Waals surface area contributed by atoms with Gasteiger partial charge in [0.15, 0.2) is 6.61 Å². The number of amides is 2. The number of hydrogen-bond donors (Lipinski definition) is 1. The van der Waals surface area contributed by atoms with Gasteiger partial charge in [-0.2, -0.15) is 0 Å². The van der Waals surface area contributed by atoms with Gasteiger partial charge in [-0.25, -0.2) is 4.79 Å². The molecule has 140 valence electrons. The van der Waals surface area contributed by atoms with Crippen molar-refractivity contribution < 1.29 is 28.1 Å². The van der Waals surface area contributed by atoms with Gasteiger partial charge in [-0.1, -0.05) is 18.2 Å². The van der Waals surface area contributed by atoms with Crippen LogP contribution in [0.2, 0.25) is 0 Å². The average Bonchev–Trinajstić information content (AvgIpc) is 2.82. The molecule has 2 fully saturated rings. The van der Waals surface area contributed by atoms with E-state index < -0.39 is 50.8 Å². The summed E-state index contributed by atoms with van der Waals surface area (Å²) in [4.78, 5) is 37.8. The van der Waals surface area contributed by atoms with Gasteiger partial charge >= 0.3 is 5.97 Å². The van der Waals surface area contributed by atoms with Crippen LogP contribution < -0.4 is 10.1 Å². The highest BCUT2D eigenvalue weighted by Gasteiger charge is 2.68. The van der Waals surface area contributed by atoms with E-state index in [-0.39, 0.29) is 6.61 Å². The van der Waals surface area contributed by atoms with Gasteiger partial charge < -0.3 is 19.7 Å². The molecule has 4 atom stereocenters. The summed E-state index contributed by atoms with van der Waals surface area (Å²) < 4.78 is 21.9. The van der Waals surface area contributed by atoms with Crippen molar-refractivity contribution >= 4 is 28.6 Å². The summed E-state index contributed by atoms with van der Waals surface area (Å²) in [5.41, 5.74) is 0. The Kier molecular flexibility index (Phi) is 4.74. The highest BCUT2D eigenvalue weighted by atomic mass is 32.2. The molecule has 2 heterocycles. The van der Waals surface area contributed by atoms with Crippen LogP contribution in [0.15, 0.2) is 30.3 Å². The summed E-state index contributed by atoms with van der Waals surface area (Å²) in [6.45, 7) is 3.03. The minimum absolute atomic E-state index is 0.267. The maximum Gasteiger partial charge on any atom is 0.330 e. The Labute approximate surface area is 153 Å². The summed E-state index contributed by atoms with van der Waals surface area (Å²) in [7, 11) is -0.311. The van der Waals surface area contributed by atoms with Crippen LogP contribution in [-0.2, 0) is 29.9 Å². The van der Waals surface area contributed by atoms with E-state index in [1.54, 1.807) is 38.1 Å². The second-order valence-electron chi connectivity index (χ2n) is 6.61. The van der Waals surface area contributed by atoms with Crippen molar-refractivity contribution in [3.63, 3.8) is 0 Å². The standard InChI is InChI=1S/C17H20N2O6S/c1-17(2)13(16(22)24-3)19-14(21)12(15(19)26(17)23)18-11(20)9-25-10-7-5-4-6-8-10/h4-8,12-13,15H,9H2,1-3H3,(H,18,20)/t12-,13+,15?,26?/m1/s1. The minimum Gasteiger partial charge on any atom is -0.484 e. The second kappa shape index (κ2) is 6.71. The molecule has 0 aromatic heterocycles. The van der Waals surface area contributed by atoms with Gasteiger partial charge in [0.25, 0.3) is 5.91 Å². The Morgan fingerprint density at radius 1 is 1.27 bits per heavy atom. The molecular weight excluding hydrogens is 360 g/mol. The smallest absolute Gasteiger partial charge is 0.330 e. The number of β-lactam (4-membered cyclic amide) rings is 1. The third-order valence-electron chi connectivity index (χ3n) is 4.61. The van der Waals surface area contributed by atoms with Gasteiger partial charge in [0.05, 0.1) is 22.7 Å². The topological polar surface area (TPSA) is 102 Å². The molecule has 2 aliphatic rings. The zero-order chi connectivity index (χ0) is 19.1. The molecule has 0 saturated carbocycles. The monoisotopic (exact) mass is 380 g/mol. The van der Waals surface area contributed by atoms with E-state index in [2.05, 4.69) is 5.32 Å². The number of methoxy groups -OCH3 is 1. The summed E-state index contributed by atoms with van der Waals surface area (Å²) in [6.07, 6.45) is 0. The Bertz CT molecular complexity index is 766. The SMILES string of the molecule is COC(=O)[C@@H]1N2C(=O)[C@@H](NC(=O)COc3ccccc3)C2S(=O)C1(C)C. The Morgan fingerprint density at radius 2 is 1.92 bits per heavy atom. The fraction of sp³-hybridized carbons (Fsp3) is 0.471. The van der Waals surface area contributed by atoms with Gasteiger partial charge in [0.2, 0.25) is 5.91 Å². The largest absolute Gasteiger partial charge is 0.484 e. The normalized spacial score (nSPS) is 28.7. The van der Waals surface area contributed by atoms with Crippen molar-refractivity contribution in [1.29, 1.82) is 0 Å². The lowest BCUT2D eigenvalue weighted by Gasteiger charge is -2.43. The van der Waals surface area contributed by atoms with Gasteiger partial charge in [-0.05, 0) is 26.0 Å². The van der Waals surface area contributed by atoms with Crippen molar-refractivity contribution in [2.45, 2.75) is 36.1 Å². The third kappa shape index (κ3) is 2.86. The molecule has 1 aromatic rings. The van der Waals surface area contributed by atoms with Crippen LogP contribution >= 0.6 is 0 Å². The number of nitrogens with zero attached hydrogens (tertiary/aromatic N) is 1. The molecule has 0 aliphatic carbocycles. The minimum atomic E-state index is -1.53. The molecule has 0 bridgehead atoms. The Morgan fingerprint density at radius 3 is 2.54 bits per heavy atom. The van der Waals surface area contributed by atoms with E-state index in [1.807, 2.05) is 6.07 Å². The molecule has 2 saturated heterocycles. The van der Waals surface area contributed by atoms with Crippen LogP contribution in [0.1, 0.15) is 13.8 Å². The van der Waals surface area contributed by atoms with Crippen LogP contribution in [0.4, 0.5) is 0 Å². The number of ether oxygens (including phenoxy) is 2. The zero-order valence-corrected chi connectivity index (χ0v) is 15.4. The number of carbonyl (C=O) groups is 3. The van der Waals surface area contributed by atoms with Gasteiger partial charge in [0, 0.05) is 0 Å². The molecule has 2 amide bonds. The maximum absolute atomic E-state index is 12.8. The number of rotatable bonds is 5. The first-order chi connectivity index (χ1) is 12.3. The maximum atomic E-state index is 12.8. The summed E-state index contributed by atoms with van der Waals surface area (Å²) in [6, 6.07) is 6.92. The molecule has 26 heavy (non-hydrogen) atoms. The van der Waals surface area contributed by atoms with E-state index in [0.717, 1.165) is 0 Å². The van der Waals surface area contributed by atoms with Gasteiger partial charge in [-0.3, -0.25) is 13.8 Å². The van der Waals surface area contributed by atoms with Crippen molar-refractivity contribution in [3.05, 3.63) is 30.3 Å². The summed E-state index contributed by atoms with van der Waals surface area (Å²) in [5.74, 6) is -1.03. The van der Waals surface area contributed by atoms with Crippen LogP contribution in [-0.4, -0.2) is 62.8 Å². The molecule has 9 heteroatoms. The van der Waals surface area contributed by atoms with E-state index >= 15 is 0 Å². The molecule has 2 aliphatic heterocycles. The number of carbonyl (C=O) groups excluding carboxylic acids is 3. The van der Waals surface area contributed by atoms with E-state index in [1.165, 1.54) is 12.0 Å². The van der Waals surface area contributed by atoms with Crippen LogP contribution in [0.3, 0.4) is 0 Å². The van der Waals surface area contributed by atoms with Crippen molar-refractivity contribution in [2.75, 3.05) is 13.7 Å². The molecule has 1 aromatic carbocycles. The lowest BCUT2D eigenvalue weighted by Crippen LogP contribution is -2.71. The van der Waals surface area contributed by atoms with Gasteiger partial charge in [0.1, 0.15) is 23.2 Å². The zero-order valence-electron chi connectivity index (χ0n) is 14.6. The van der Waals surface area contributed by atoms with Crippen molar-refractivity contribution in [2.24, 2.45) is 0 Å². The van der Waals surface area contributed by atoms with Crippen LogP contribution in [0.25, 0.3) is 0 Å². The number of fused-ring (bicyclic) bond motifs is 1. The molecule has 8 nitrogen and oxygen atoms in total. The first-order valence-electron chi connectivity index (χ1n) is 8.07. The number of nitrogens with one attached hydrogen (secondary N) is 1. The number of benzene rings is 1. The molecule has 0 radical (unpaired) electrons. The van der Waals surface area contributed by atoms with E-state index in [4.69, 9.17) is 9.47 Å². The van der Waals surface area contributed by atoms with E-state index in [9.17, 15) is 18.6 Å². The Balaban J connectivity index is 1.66. The predicted octanol–water partition coefficient (Wildman–Crippen LogP) is -0.199. The van der Waals surface area contributed by atoms with Gasteiger partial charge in [-0.15, -0.1) is 0 Å². The number of esters is 1. The highest BCUT2D eigenvalue weighted by molar-refractivity contribution is 7.87. The Hall–Kier alpha value is -2.42. The second-order valence-corrected chi connectivity index (χ2v) is 8.74. The summed E-state index contributed by atoms with van der Waals surface area (Å²) >= 11 is 0. The number of hydrogen-bond acceptors (Lipinski definition) is 6. The molecule has 3 rings (SSSR count).